The first kappa shape index (κ1) is 10.3. The average Bonchev–Trinajstić information content (AvgIpc) is 1.53. The number of Topliss-reactive ketones (excluding diaryl/α,β-unsaturated/α-hetero) is 1. The Morgan fingerprint density at radius 1 is 1.27 bits per heavy atom. The first-order valence-corrected chi connectivity index (χ1v) is 3.86. The summed E-state index contributed by atoms with van der Waals surface area (Å²) in [5.74, 6) is 0.176. The highest BCUT2D eigenvalue weighted by molar-refractivity contribution is 5.99. The van der Waals surface area contributed by atoms with Gasteiger partial charge in [-0.2, -0.15) is 0 Å². The van der Waals surface area contributed by atoms with Crippen LogP contribution >= 0.6 is 0 Å². The highest BCUT2D eigenvalue weighted by Gasteiger charge is 2.07. The summed E-state index contributed by atoms with van der Waals surface area (Å²) in [4.78, 5) is 15.0. The van der Waals surface area contributed by atoms with Gasteiger partial charge >= 0.3 is 0 Å². The SMILES string of the molecule is CC(=O)CC(C)=NC(C)(C)C. The van der Waals surface area contributed by atoms with Crippen LogP contribution in [0.2, 0.25) is 0 Å². The van der Waals surface area contributed by atoms with Gasteiger partial charge in [-0.1, -0.05) is 0 Å². The first-order valence-electron chi connectivity index (χ1n) is 3.86. The summed E-state index contributed by atoms with van der Waals surface area (Å²) in [6.07, 6.45) is 0.483. The molecule has 0 rings (SSSR count). The molecular weight excluding hydrogens is 138 g/mol. The Kier molecular flexibility index (Phi) is 3.43. The van der Waals surface area contributed by atoms with Crippen molar-refractivity contribution >= 4 is 11.5 Å². The predicted molar refractivity (Wildman–Crippen MR) is 48.2 cm³/mol. The van der Waals surface area contributed by atoms with Crippen molar-refractivity contribution in [1.29, 1.82) is 0 Å². The Balaban J connectivity index is 4.12. The van der Waals surface area contributed by atoms with E-state index >= 15 is 0 Å². The van der Waals surface area contributed by atoms with Crippen LogP contribution in [0.1, 0.15) is 41.0 Å². The fourth-order valence-corrected chi connectivity index (χ4v) is 0.972. The number of carbonyl (C=O) groups is 1. The Morgan fingerprint density at radius 2 is 1.73 bits per heavy atom. The summed E-state index contributed by atoms with van der Waals surface area (Å²) < 4.78 is 0. The van der Waals surface area contributed by atoms with Gasteiger partial charge in [0.1, 0.15) is 5.78 Å². The second-order valence-corrected chi connectivity index (χ2v) is 3.90. The minimum Gasteiger partial charge on any atom is -0.300 e. The average molecular weight is 155 g/mol. The van der Waals surface area contributed by atoms with Gasteiger partial charge in [0.25, 0.3) is 0 Å². The topological polar surface area (TPSA) is 29.4 Å². The van der Waals surface area contributed by atoms with Crippen LogP contribution in [0.25, 0.3) is 0 Å². The zero-order valence-corrected chi connectivity index (χ0v) is 8.06. The molecule has 64 valence electrons. The molecule has 0 bridgehead atoms. The molecule has 0 aromatic heterocycles. The largest absolute Gasteiger partial charge is 0.300 e. The molecule has 0 spiro atoms. The van der Waals surface area contributed by atoms with Crippen molar-refractivity contribution in [1.82, 2.24) is 0 Å². The highest BCUT2D eigenvalue weighted by Crippen LogP contribution is 2.07. The molecule has 2 nitrogen and oxygen atoms in total. The molecule has 0 aliphatic carbocycles. The van der Waals surface area contributed by atoms with Crippen molar-refractivity contribution in [3.63, 3.8) is 0 Å². The van der Waals surface area contributed by atoms with Crippen LogP contribution in [0.15, 0.2) is 4.99 Å². The normalized spacial score (nSPS) is 13.4. The van der Waals surface area contributed by atoms with Crippen LogP contribution in [0.5, 0.6) is 0 Å². The van der Waals surface area contributed by atoms with E-state index < -0.39 is 0 Å². The van der Waals surface area contributed by atoms with E-state index in [9.17, 15) is 4.79 Å². The molecule has 0 aromatic carbocycles. The molecule has 0 radical (unpaired) electrons. The smallest absolute Gasteiger partial charge is 0.135 e. The maximum absolute atomic E-state index is 10.7. The van der Waals surface area contributed by atoms with Gasteiger partial charge in [0.2, 0.25) is 0 Å². The van der Waals surface area contributed by atoms with Gasteiger partial charge in [-0.25, -0.2) is 0 Å². The van der Waals surface area contributed by atoms with Gasteiger partial charge in [0, 0.05) is 12.1 Å². The van der Waals surface area contributed by atoms with Gasteiger partial charge in [0.15, 0.2) is 0 Å². The third-order valence-electron chi connectivity index (χ3n) is 1.03. The van der Waals surface area contributed by atoms with E-state index in [0.29, 0.717) is 6.42 Å². The molecule has 11 heavy (non-hydrogen) atoms. The van der Waals surface area contributed by atoms with Crippen LogP contribution < -0.4 is 0 Å². The number of ketones is 1. The lowest BCUT2D eigenvalue weighted by atomic mass is 10.1. The lowest BCUT2D eigenvalue weighted by molar-refractivity contribution is -0.115. The molecule has 0 aliphatic heterocycles. The predicted octanol–water partition coefficient (Wildman–Crippen LogP) is 2.22. The van der Waals surface area contributed by atoms with Crippen molar-refractivity contribution < 1.29 is 4.79 Å². The number of rotatable bonds is 2. The third-order valence-corrected chi connectivity index (χ3v) is 1.03. The summed E-state index contributed by atoms with van der Waals surface area (Å²) in [6, 6.07) is 0. The Bertz CT molecular complexity index is 174. The molecule has 0 saturated heterocycles. The Hall–Kier alpha value is -0.660. The molecule has 2 heteroatoms. The van der Waals surface area contributed by atoms with Gasteiger partial charge in [-0.3, -0.25) is 9.79 Å². The Morgan fingerprint density at radius 3 is 2.00 bits per heavy atom. The van der Waals surface area contributed by atoms with Gasteiger partial charge in [-0.15, -0.1) is 0 Å². The summed E-state index contributed by atoms with van der Waals surface area (Å²) >= 11 is 0. The summed E-state index contributed by atoms with van der Waals surface area (Å²) in [7, 11) is 0. The van der Waals surface area contributed by atoms with Gasteiger partial charge in [0.05, 0.1) is 5.54 Å². The number of hydrogen-bond donors (Lipinski definition) is 0. The van der Waals surface area contributed by atoms with Crippen LogP contribution in [0, 0.1) is 0 Å². The maximum atomic E-state index is 10.7. The summed E-state index contributed by atoms with van der Waals surface area (Å²) in [5, 5.41) is 0. The number of hydrogen-bond acceptors (Lipinski definition) is 2. The van der Waals surface area contributed by atoms with Crippen LogP contribution in [0.4, 0.5) is 0 Å². The second-order valence-electron chi connectivity index (χ2n) is 3.90. The molecule has 0 atom stereocenters. The Labute approximate surface area is 68.7 Å². The molecule has 0 fully saturated rings. The molecule has 0 N–H and O–H groups in total. The fraction of sp³-hybridized carbons (Fsp3) is 0.778. The van der Waals surface area contributed by atoms with E-state index in [1.54, 1.807) is 6.92 Å². The van der Waals surface area contributed by atoms with E-state index in [0.717, 1.165) is 5.71 Å². The van der Waals surface area contributed by atoms with E-state index in [-0.39, 0.29) is 11.3 Å². The van der Waals surface area contributed by atoms with Crippen molar-refractivity contribution in [2.45, 2.75) is 46.6 Å². The van der Waals surface area contributed by atoms with Gasteiger partial charge < -0.3 is 0 Å². The van der Waals surface area contributed by atoms with Crippen LogP contribution in [-0.2, 0) is 4.79 Å². The van der Waals surface area contributed by atoms with E-state index in [1.807, 2.05) is 27.7 Å². The first-order chi connectivity index (χ1) is 4.81. The number of aliphatic imine (C=N–C) groups is 1. The minimum atomic E-state index is -0.0560. The summed E-state index contributed by atoms with van der Waals surface area (Å²) in [5.41, 5.74) is 0.865. The maximum Gasteiger partial charge on any atom is 0.135 e. The lowest BCUT2D eigenvalue weighted by Crippen LogP contribution is -2.14. The molecule has 0 unspecified atom stereocenters. The molecule has 0 amide bonds. The van der Waals surface area contributed by atoms with E-state index in [4.69, 9.17) is 0 Å². The lowest BCUT2D eigenvalue weighted by Gasteiger charge is -2.13. The van der Waals surface area contributed by atoms with Crippen molar-refractivity contribution in [2.24, 2.45) is 4.99 Å². The number of nitrogens with zero attached hydrogens (tertiary/aromatic N) is 1. The standard InChI is InChI=1S/C9H17NO/c1-7(6-8(2)11)10-9(3,4)5/h6H2,1-5H3. The molecule has 0 heterocycles. The summed E-state index contributed by atoms with van der Waals surface area (Å²) in [6.45, 7) is 9.55. The number of carbonyl (C=O) groups excluding carboxylic acids is 1. The quantitative estimate of drug-likeness (QED) is 0.562. The highest BCUT2D eigenvalue weighted by atomic mass is 16.1. The fourth-order valence-electron chi connectivity index (χ4n) is 0.972. The van der Waals surface area contributed by atoms with E-state index in [1.165, 1.54) is 0 Å². The third kappa shape index (κ3) is 7.23. The van der Waals surface area contributed by atoms with Crippen LogP contribution in [0.3, 0.4) is 0 Å². The van der Waals surface area contributed by atoms with Crippen molar-refractivity contribution in [2.75, 3.05) is 0 Å². The second kappa shape index (κ2) is 3.65. The molecular formula is C9H17NO. The zero-order valence-electron chi connectivity index (χ0n) is 8.06. The van der Waals surface area contributed by atoms with Gasteiger partial charge in [-0.05, 0) is 34.6 Å². The molecule has 0 aliphatic rings. The minimum absolute atomic E-state index is 0.0560. The monoisotopic (exact) mass is 155 g/mol. The van der Waals surface area contributed by atoms with E-state index in [2.05, 4.69) is 4.99 Å². The zero-order chi connectivity index (χ0) is 9.07. The van der Waals surface area contributed by atoms with Crippen molar-refractivity contribution in [3.8, 4) is 0 Å². The molecule has 0 saturated carbocycles. The van der Waals surface area contributed by atoms with Crippen molar-refractivity contribution in [3.05, 3.63) is 0 Å². The van der Waals surface area contributed by atoms with Crippen LogP contribution in [-0.4, -0.2) is 17.0 Å². The molecule has 0 aromatic rings.